The summed E-state index contributed by atoms with van der Waals surface area (Å²) in [6.45, 7) is 0. The van der Waals surface area contributed by atoms with Crippen molar-refractivity contribution in [2.24, 2.45) is 0 Å². The van der Waals surface area contributed by atoms with Crippen LogP contribution in [0.1, 0.15) is 6.23 Å². The maximum absolute atomic E-state index is 10.9. The number of rotatable bonds is 2. The van der Waals surface area contributed by atoms with Gasteiger partial charge >= 0.3 is 5.97 Å². The molecule has 0 saturated carbocycles. The molecule has 1 saturated heterocycles. The van der Waals surface area contributed by atoms with Gasteiger partial charge in [-0.2, -0.15) is 0 Å². The van der Waals surface area contributed by atoms with Gasteiger partial charge in [-0.15, -0.1) is 0 Å². The maximum Gasteiger partial charge on any atom is 0.335 e. The maximum atomic E-state index is 10.9. The summed E-state index contributed by atoms with van der Waals surface area (Å²) < 4.78 is 6.47. The van der Waals surface area contributed by atoms with Crippen LogP contribution in [0.3, 0.4) is 0 Å². The summed E-state index contributed by atoms with van der Waals surface area (Å²) in [5, 5.41) is 28.5. The predicted molar refractivity (Wildman–Crippen MR) is 63.3 cm³/mol. The zero-order valence-corrected chi connectivity index (χ0v) is 9.99. The number of ether oxygens (including phenoxy) is 1. The molecule has 5 N–H and O–H groups in total. The fraction of sp³-hybridized carbons (Fsp3) is 0.400. The molecule has 0 unspecified atom stereocenters. The molecule has 0 spiro atoms. The largest absolute Gasteiger partial charge is 0.479 e. The molecule has 3 heterocycles. The quantitative estimate of drug-likeness (QED) is 0.494. The number of carbonyl (C=O) groups is 1. The number of hydrogen-bond acceptors (Lipinski definition) is 8. The Balaban J connectivity index is 2.04. The summed E-state index contributed by atoms with van der Waals surface area (Å²) in [6, 6.07) is 0. The number of carboxylic acid groups (broad SMARTS) is 1. The van der Waals surface area contributed by atoms with E-state index in [1.807, 2.05) is 0 Å². The first kappa shape index (κ1) is 12.7. The van der Waals surface area contributed by atoms with Crippen LogP contribution in [-0.4, -0.2) is 59.1 Å². The highest BCUT2D eigenvalue weighted by atomic mass is 16.6. The molecule has 1 aliphatic heterocycles. The van der Waals surface area contributed by atoms with E-state index in [1.54, 1.807) is 0 Å². The van der Waals surface area contributed by atoms with Crippen molar-refractivity contribution in [2.75, 3.05) is 5.73 Å². The van der Waals surface area contributed by atoms with Gasteiger partial charge in [0.1, 0.15) is 24.1 Å². The minimum atomic E-state index is -1.55. The molecule has 0 radical (unpaired) electrons. The summed E-state index contributed by atoms with van der Waals surface area (Å²) in [4.78, 5) is 22.6. The average Bonchev–Trinajstić information content (AvgIpc) is 2.94. The highest BCUT2D eigenvalue weighted by Crippen LogP contribution is 2.31. The molecule has 10 heteroatoms. The molecule has 1 aliphatic rings. The smallest absolute Gasteiger partial charge is 0.335 e. The third-order valence-corrected chi connectivity index (χ3v) is 3.14. The second kappa shape index (κ2) is 4.37. The van der Waals surface area contributed by atoms with Crippen LogP contribution in [0.25, 0.3) is 11.2 Å². The SMILES string of the molecule is Nc1ncnc2c1ncn2[C@@H]1O[C@@H](C(=O)O)[C@@H](O)[C@H]1O. The summed E-state index contributed by atoms with van der Waals surface area (Å²) in [7, 11) is 0. The Morgan fingerprint density at radius 1 is 1.30 bits per heavy atom. The number of aliphatic hydroxyl groups excluding tert-OH is 2. The van der Waals surface area contributed by atoms with Gasteiger partial charge in [-0.25, -0.2) is 19.7 Å². The van der Waals surface area contributed by atoms with Gasteiger partial charge in [0.15, 0.2) is 23.8 Å². The van der Waals surface area contributed by atoms with E-state index in [9.17, 15) is 15.0 Å². The molecule has 20 heavy (non-hydrogen) atoms. The van der Waals surface area contributed by atoms with Gasteiger partial charge < -0.3 is 25.8 Å². The van der Waals surface area contributed by atoms with Crippen LogP contribution in [0.15, 0.2) is 12.7 Å². The third kappa shape index (κ3) is 1.70. The first-order chi connectivity index (χ1) is 9.50. The van der Waals surface area contributed by atoms with Crippen LogP contribution >= 0.6 is 0 Å². The normalized spacial score (nSPS) is 29.9. The Bertz CT molecular complexity index is 673. The van der Waals surface area contributed by atoms with Gasteiger partial charge in [0.05, 0.1) is 6.33 Å². The summed E-state index contributed by atoms with van der Waals surface area (Å²) in [5.41, 5.74) is 6.21. The number of aliphatic carboxylic acids is 1. The number of imidazole rings is 1. The number of aliphatic hydroxyl groups is 2. The van der Waals surface area contributed by atoms with Crippen LogP contribution in [0.4, 0.5) is 5.82 Å². The molecule has 0 aliphatic carbocycles. The van der Waals surface area contributed by atoms with Crippen molar-refractivity contribution in [3.05, 3.63) is 12.7 Å². The number of aromatic nitrogens is 4. The fourth-order valence-electron chi connectivity index (χ4n) is 2.15. The Kier molecular flexibility index (Phi) is 2.78. The van der Waals surface area contributed by atoms with E-state index >= 15 is 0 Å². The van der Waals surface area contributed by atoms with Crippen LogP contribution in [0.5, 0.6) is 0 Å². The first-order valence-electron chi connectivity index (χ1n) is 5.68. The van der Waals surface area contributed by atoms with Crippen molar-refractivity contribution in [3.63, 3.8) is 0 Å². The Hall–Kier alpha value is -2.30. The van der Waals surface area contributed by atoms with E-state index in [-0.39, 0.29) is 11.5 Å². The lowest BCUT2D eigenvalue weighted by Gasteiger charge is -2.16. The summed E-state index contributed by atoms with van der Waals surface area (Å²) >= 11 is 0. The van der Waals surface area contributed by atoms with Crippen molar-refractivity contribution in [1.29, 1.82) is 0 Å². The molecule has 0 aromatic carbocycles. The number of nitrogens with zero attached hydrogens (tertiary/aromatic N) is 4. The number of anilines is 1. The number of nitrogens with two attached hydrogens (primary N) is 1. The van der Waals surface area contributed by atoms with E-state index in [0.717, 1.165) is 0 Å². The predicted octanol–water partition coefficient (Wildman–Crippen LogP) is -1.89. The molecule has 3 rings (SSSR count). The van der Waals surface area contributed by atoms with Gasteiger partial charge in [-0.05, 0) is 0 Å². The zero-order chi connectivity index (χ0) is 14.4. The fourth-order valence-corrected chi connectivity index (χ4v) is 2.15. The van der Waals surface area contributed by atoms with E-state index in [4.69, 9.17) is 15.6 Å². The topological polar surface area (TPSA) is 157 Å². The first-order valence-corrected chi connectivity index (χ1v) is 5.68. The lowest BCUT2D eigenvalue weighted by atomic mass is 10.1. The Morgan fingerprint density at radius 2 is 2.05 bits per heavy atom. The molecule has 0 amide bonds. The number of carboxylic acids is 1. The molecule has 2 aromatic rings. The Morgan fingerprint density at radius 3 is 2.70 bits per heavy atom. The van der Waals surface area contributed by atoms with E-state index in [2.05, 4.69) is 15.0 Å². The minimum absolute atomic E-state index is 0.150. The molecule has 0 bridgehead atoms. The molecular formula is C10H11N5O5. The molecule has 10 nitrogen and oxygen atoms in total. The van der Waals surface area contributed by atoms with Crippen molar-refractivity contribution in [1.82, 2.24) is 19.5 Å². The van der Waals surface area contributed by atoms with E-state index < -0.39 is 30.5 Å². The average molecular weight is 281 g/mol. The van der Waals surface area contributed by atoms with Crippen molar-refractivity contribution >= 4 is 23.0 Å². The lowest BCUT2D eigenvalue weighted by Crippen LogP contribution is -2.35. The second-order valence-electron chi connectivity index (χ2n) is 4.35. The highest BCUT2D eigenvalue weighted by Gasteiger charge is 2.47. The summed E-state index contributed by atoms with van der Waals surface area (Å²) in [6.07, 6.45) is -3.11. The standard InChI is InChI=1S/C10H11N5O5/c11-7-3-8(13-1-12-7)15(2-14-3)9-5(17)4(16)6(20-9)10(18)19/h1-2,4-6,9,16-17H,(H,18,19)(H2,11,12,13)/t4-,5+,6+,9+/m0/s1. The van der Waals surface area contributed by atoms with Crippen LogP contribution in [0, 0.1) is 0 Å². The number of nitrogen functional groups attached to an aromatic ring is 1. The molecule has 4 atom stereocenters. The lowest BCUT2D eigenvalue weighted by molar-refractivity contribution is -0.155. The molecular weight excluding hydrogens is 270 g/mol. The van der Waals surface area contributed by atoms with Crippen LogP contribution in [-0.2, 0) is 9.53 Å². The van der Waals surface area contributed by atoms with Gasteiger partial charge in [-0.3, -0.25) is 4.57 Å². The molecule has 1 fully saturated rings. The van der Waals surface area contributed by atoms with Gasteiger partial charge in [0.2, 0.25) is 0 Å². The monoisotopic (exact) mass is 281 g/mol. The highest BCUT2D eigenvalue weighted by molar-refractivity contribution is 5.81. The van der Waals surface area contributed by atoms with Crippen molar-refractivity contribution in [3.8, 4) is 0 Å². The Labute approximate surface area is 111 Å². The van der Waals surface area contributed by atoms with Crippen LogP contribution in [0.2, 0.25) is 0 Å². The van der Waals surface area contributed by atoms with Crippen molar-refractivity contribution in [2.45, 2.75) is 24.5 Å². The minimum Gasteiger partial charge on any atom is -0.479 e. The second-order valence-corrected chi connectivity index (χ2v) is 4.35. The van der Waals surface area contributed by atoms with Gasteiger partial charge in [0.25, 0.3) is 0 Å². The number of hydrogen-bond donors (Lipinski definition) is 4. The van der Waals surface area contributed by atoms with Crippen molar-refractivity contribution < 1.29 is 24.9 Å². The van der Waals surface area contributed by atoms with E-state index in [1.165, 1.54) is 17.2 Å². The number of fused-ring (bicyclic) bond motifs is 1. The molecule has 2 aromatic heterocycles. The summed E-state index contributed by atoms with van der Waals surface area (Å²) in [5.74, 6) is -1.21. The van der Waals surface area contributed by atoms with Gasteiger partial charge in [-0.1, -0.05) is 0 Å². The molecule has 106 valence electrons. The van der Waals surface area contributed by atoms with Crippen LogP contribution < -0.4 is 5.73 Å². The zero-order valence-electron chi connectivity index (χ0n) is 9.99. The third-order valence-electron chi connectivity index (χ3n) is 3.14. The van der Waals surface area contributed by atoms with E-state index in [0.29, 0.717) is 5.52 Å². The van der Waals surface area contributed by atoms with Gasteiger partial charge in [0, 0.05) is 0 Å².